The molecule has 0 aromatic rings. The lowest BCUT2D eigenvalue weighted by molar-refractivity contribution is -0.144. The molecule has 0 aromatic heterocycles. The predicted molar refractivity (Wildman–Crippen MR) is 38.9 cm³/mol. The Morgan fingerprint density at radius 3 is 1.91 bits per heavy atom. The van der Waals surface area contributed by atoms with Gasteiger partial charge in [0.25, 0.3) is 0 Å². The van der Waals surface area contributed by atoms with Crippen molar-refractivity contribution < 1.29 is 9.90 Å². The van der Waals surface area contributed by atoms with Crippen LogP contribution in [-0.4, -0.2) is 11.1 Å². The molecule has 2 nitrogen and oxygen atoms in total. The highest BCUT2D eigenvalue weighted by Crippen LogP contribution is 2.65. The van der Waals surface area contributed by atoms with Crippen molar-refractivity contribution >= 4 is 5.97 Å². The van der Waals surface area contributed by atoms with Crippen molar-refractivity contribution in [2.24, 2.45) is 29.6 Å². The van der Waals surface area contributed by atoms with E-state index in [-0.39, 0.29) is 5.92 Å². The van der Waals surface area contributed by atoms with Crippen LogP contribution in [0, 0.1) is 29.6 Å². The van der Waals surface area contributed by atoms with Crippen LogP contribution >= 0.6 is 0 Å². The summed E-state index contributed by atoms with van der Waals surface area (Å²) in [7, 11) is 0. The second kappa shape index (κ2) is 1.62. The van der Waals surface area contributed by atoms with Gasteiger partial charge in [0, 0.05) is 0 Å². The van der Waals surface area contributed by atoms with Crippen molar-refractivity contribution in [2.75, 3.05) is 0 Å². The molecule has 0 spiro atoms. The molecule has 4 aliphatic carbocycles. The van der Waals surface area contributed by atoms with Crippen LogP contribution in [0.15, 0.2) is 0 Å². The first-order chi connectivity index (χ1) is 5.27. The maximum absolute atomic E-state index is 10.8. The van der Waals surface area contributed by atoms with E-state index in [0.29, 0.717) is 11.8 Å². The van der Waals surface area contributed by atoms with Gasteiger partial charge in [-0.2, -0.15) is 0 Å². The number of carboxylic acid groups (broad SMARTS) is 1. The number of hydrogen-bond acceptors (Lipinski definition) is 1. The molecule has 4 fully saturated rings. The zero-order chi connectivity index (χ0) is 7.59. The summed E-state index contributed by atoms with van der Waals surface area (Å²) in [5.41, 5.74) is 0. The van der Waals surface area contributed by atoms with Gasteiger partial charge in [-0.25, -0.2) is 0 Å². The molecule has 0 radical (unpaired) electrons. The van der Waals surface area contributed by atoms with Gasteiger partial charge in [-0.3, -0.25) is 4.79 Å². The minimum absolute atomic E-state index is 0.0544. The molecule has 0 saturated heterocycles. The summed E-state index contributed by atoms with van der Waals surface area (Å²) in [4.78, 5) is 10.8. The Morgan fingerprint density at radius 1 is 1.09 bits per heavy atom. The van der Waals surface area contributed by atoms with Crippen LogP contribution in [0.25, 0.3) is 0 Å². The van der Waals surface area contributed by atoms with Crippen LogP contribution in [0.3, 0.4) is 0 Å². The lowest BCUT2D eigenvalue weighted by Gasteiger charge is -2.15. The molecule has 4 bridgehead atoms. The van der Waals surface area contributed by atoms with Gasteiger partial charge in [-0.05, 0) is 42.9 Å². The highest BCUT2D eigenvalue weighted by molar-refractivity contribution is 5.72. The maximum atomic E-state index is 10.8. The predicted octanol–water partition coefficient (Wildman–Crippen LogP) is 1.36. The van der Waals surface area contributed by atoms with Crippen LogP contribution in [0.5, 0.6) is 0 Å². The molecule has 4 aliphatic rings. The van der Waals surface area contributed by atoms with Crippen LogP contribution < -0.4 is 0 Å². The Hall–Kier alpha value is -0.530. The highest BCUT2D eigenvalue weighted by atomic mass is 16.4. The normalized spacial score (nSPS) is 57.6. The third-order valence-electron chi connectivity index (χ3n) is 4.17. The van der Waals surface area contributed by atoms with Crippen molar-refractivity contribution in [1.29, 1.82) is 0 Å². The van der Waals surface area contributed by atoms with Crippen molar-refractivity contribution in [3.8, 4) is 0 Å². The monoisotopic (exact) mass is 152 g/mol. The van der Waals surface area contributed by atoms with Crippen molar-refractivity contribution in [1.82, 2.24) is 0 Å². The van der Waals surface area contributed by atoms with E-state index in [1.165, 1.54) is 19.3 Å². The van der Waals surface area contributed by atoms with E-state index in [4.69, 9.17) is 5.11 Å². The zero-order valence-corrected chi connectivity index (χ0v) is 6.36. The molecule has 1 N–H and O–H groups in total. The average Bonchev–Trinajstić information content (AvgIpc) is 2.50. The summed E-state index contributed by atoms with van der Waals surface area (Å²) in [5, 5.41) is 8.93. The summed E-state index contributed by atoms with van der Waals surface area (Å²) >= 11 is 0. The third-order valence-corrected chi connectivity index (χ3v) is 4.17. The molecule has 60 valence electrons. The van der Waals surface area contributed by atoms with Crippen molar-refractivity contribution in [3.63, 3.8) is 0 Å². The molecule has 5 atom stereocenters. The molecule has 2 heteroatoms. The number of hydrogen-bond donors (Lipinski definition) is 1. The fraction of sp³-hybridized carbons (Fsp3) is 0.889. The average molecular weight is 152 g/mol. The van der Waals surface area contributed by atoms with Crippen LogP contribution in [0.2, 0.25) is 0 Å². The number of carboxylic acids is 1. The van der Waals surface area contributed by atoms with E-state index in [9.17, 15) is 4.79 Å². The first kappa shape index (κ1) is 6.04. The Balaban J connectivity index is 1.98. The largest absolute Gasteiger partial charge is 0.481 e. The molecule has 0 heterocycles. The molecule has 4 saturated carbocycles. The SMILES string of the molecule is O=C(O)C1[C@H]2C[C@@H]3C[C@H]2C[C@@H]13. The molecule has 11 heavy (non-hydrogen) atoms. The number of carbonyl (C=O) groups is 1. The lowest BCUT2D eigenvalue weighted by atomic mass is 9.89. The summed E-state index contributed by atoms with van der Waals surface area (Å²) in [6.45, 7) is 0. The smallest absolute Gasteiger partial charge is 0.307 e. The quantitative estimate of drug-likeness (QED) is 0.616. The Morgan fingerprint density at radius 2 is 1.64 bits per heavy atom. The Labute approximate surface area is 65.6 Å². The van der Waals surface area contributed by atoms with Crippen molar-refractivity contribution in [2.45, 2.75) is 19.3 Å². The molecule has 0 aliphatic heterocycles. The Kier molecular flexibility index (Phi) is 0.890. The van der Waals surface area contributed by atoms with Crippen molar-refractivity contribution in [3.05, 3.63) is 0 Å². The molecule has 4 rings (SSSR count). The molecular weight excluding hydrogens is 140 g/mol. The lowest BCUT2D eigenvalue weighted by Crippen LogP contribution is -2.22. The minimum atomic E-state index is -0.523. The zero-order valence-electron chi connectivity index (χ0n) is 6.36. The Bertz CT molecular complexity index is 208. The highest BCUT2D eigenvalue weighted by Gasteiger charge is 2.61. The van der Waals surface area contributed by atoms with Crippen LogP contribution in [-0.2, 0) is 4.79 Å². The second-order valence-corrected chi connectivity index (χ2v) is 4.42. The van der Waals surface area contributed by atoms with Gasteiger partial charge < -0.3 is 5.11 Å². The molecule has 0 aromatic carbocycles. The fourth-order valence-corrected chi connectivity index (χ4v) is 3.93. The van der Waals surface area contributed by atoms with E-state index in [2.05, 4.69) is 0 Å². The van der Waals surface area contributed by atoms with Gasteiger partial charge in [-0.1, -0.05) is 0 Å². The first-order valence-corrected chi connectivity index (χ1v) is 4.50. The maximum Gasteiger partial charge on any atom is 0.307 e. The van der Waals surface area contributed by atoms with Gasteiger partial charge >= 0.3 is 5.97 Å². The summed E-state index contributed by atoms with van der Waals surface area (Å²) in [6.07, 6.45) is 3.80. The number of aliphatic carboxylic acids is 1. The third kappa shape index (κ3) is 0.534. The molecule has 0 amide bonds. The summed E-state index contributed by atoms with van der Waals surface area (Å²) < 4.78 is 0. The van der Waals surface area contributed by atoms with Gasteiger partial charge in [-0.15, -0.1) is 0 Å². The van der Waals surface area contributed by atoms with E-state index >= 15 is 0 Å². The molecule has 1 unspecified atom stereocenters. The van der Waals surface area contributed by atoms with E-state index < -0.39 is 5.97 Å². The second-order valence-electron chi connectivity index (χ2n) is 4.42. The molecular formula is C9H12O2. The van der Waals surface area contributed by atoms with Gasteiger partial charge in [0.1, 0.15) is 0 Å². The summed E-state index contributed by atoms with van der Waals surface area (Å²) in [5.74, 6) is 2.27. The van der Waals surface area contributed by atoms with Gasteiger partial charge in [0.05, 0.1) is 5.92 Å². The standard InChI is InChI=1S/C9H12O2/c10-9(11)8-6-2-4-1-5(6)3-7(4)8/h4-8H,1-3H2,(H,10,11)/t4-,5-,6-,7+,8?/m0/s1. The topological polar surface area (TPSA) is 37.3 Å². The van der Waals surface area contributed by atoms with Crippen LogP contribution in [0.4, 0.5) is 0 Å². The first-order valence-electron chi connectivity index (χ1n) is 4.50. The van der Waals surface area contributed by atoms with Gasteiger partial charge in [0.2, 0.25) is 0 Å². The number of rotatable bonds is 1. The fourth-order valence-electron chi connectivity index (χ4n) is 3.93. The summed E-state index contributed by atoms with van der Waals surface area (Å²) in [6, 6.07) is 0. The van der Waals surface area contributed by atoms with E-state index in [0.717, 1.165) is 11.8 Å². The van der Waals surface area contributed by atoms with E-state index in [1.807, 2.05) is 0 Å². The van der Waals surface area contributed by atoms with Crippen LogP contribution in [0.1, 0.15) is 19.3 Å². The van der Waals surface area contributed by atoms with E-state index in [1.54, 1.807) is 0 Å². The van der Waals surface area contributed by atoms with Gasteiger partial charge in [0.15, 0.2) is 0 Å². The minimum Gasteiger partial charge on any atom is -0.481 e.